The molecule has 0 heterocycles. The number of hydrogen-bond donors (Lipinski definition) is 2. The van der Waals surface area contributed by atoms with Crippen LogP contribution >= 0.6 is 0 Å². The van der Waals surface area contributed by atoms with Gasteiger partial charge in [0.15, 0.2) is 0 Å². The first-order chi connectivity index (χ1) is 14.3. The van der Waals surface area contributed by atoms with Crippen LogP contribution in [0.4, 0.5) is 5.69 Å². The fraction of sp³-hybridized carbons (Fsp3) is 0.682. The van der Waals surface area contributed by atoms with E-state index in [1.165, 1.54) is 44.2 Å². The van der Waals surface area contributed by atoms with Crippen molar-refractivity contribution in [2.75, 3.05) is 25.0 Å². The Kier molecular flexibility index (Phi) is 7.55. The van der Waals surface area contributed by atoms with Crippen LogP contribution in [0, 0.1) is 5.41 Å². The maximum absolute atomic E-state index is 12.8. The van der Waals surface area contributed by atoms with Crippen LogP contribution < -0.4 is 10.5 Å². The van der Waals surface area contributed by atoms with Gasteiger partial charge >= 0.3 is 0 Å². The third-order valence-electron chi connectivity index (χ3n) is 6.64. The Labute approximate surface area is 180 Å². The standard InChI is InChI=1S/C22H35N3O4S/c1-3-13-25(19-15-20(29-4-2)22(19)11-6-5-7-12-22)16-21(26)24-17-9-8-10-18(14-17)30(23,27)28/h8-10,14,19-20H,3-7,11-13,15-16H2,1-2H3,(H,24,26)(H2,23,27,28)/t19-,20-/m0/s1. The second-order valence-corrected chi connectivity index (χ2v) is 10.1. The summed E-state index contributed by atoms with van der Waals surface area (Å²) in [5.41, 5.74) is 0.605. The predicted octanol–water partition coefficient (Wildman–Crippen LogP) is 3.11. The number of hydrogen-bond acceptors (Lipinski definition) is 5. The van der Waals surface area contributed by atoms with Crippen LogP contribution in [0.1, 0.15) is 58.8 Å². The van der Waals surface area contributed by atoms with Gasteiger partial charge in [0.25, 0.3) is 0 Å². The highest BCUT2D eigenvalue weighted by Gasteiger charge is 2.57. The van der Waals surface area contributed by atoms with E-state index in [0.717, 1.165) is 26.0 Å². The van der Waals surface area contributed by atoms with E-state index >= 15 is 0 Å². The van der Waals surface area contributed by atoms with Gasteiger partial charge in [-0.15, -0.1) is 0 Å². The maximum Gasteiger partial charge on any atom is 0.238 e. The van der Waals surface area contributed by atoms with Crippen molar-refractivity contribution in [2.45, 2.75) is 75.8 Å². The molecule has 168 valence electrons. The van der Waals surface area contributed by atoms with Crippen LogP contribution in [0.15, 0.2) is 29.2 Å². The van der Waals surface area contributed by atoms with Crippen LogP contribution in [0.3, 0.4) is 0 Å². The van der Waals surface area contributed by atoms with Crippen LogP contribution in [0.25, 0.3) is 0 Å². The van der Waals surface area contributed by atoms with E-state index in [4.69, 9.17) is 9.88 Å². The lowest BCUT2D eigenvalue weighted by Gasteiger charge is -2.60. The van der Waals surface area contributed by atoms with Crippen LogP contribution in [0.5, 0.6) is 0 Å². The molecule has 2 aliphatic rings. The molecule has 0 saturated heterocycles. The van der Waals surface area contributed by atoms with Gasteiger partial charge in [0.2, 0.25) is 15.9 Å². The fourth-order valence-corrected chi connectivity index (χ4v) is 5.87. The van der Waals surface area contributed by atoms with Gasteiger partial charge in [-0.1, -0.05) is 32.3 Å². The molecule has 3 N–H and O–H groups in total. The summed E-state index contributed by atoms with van der Waals surface area (Å²) < 4.78 is 29.2. The number of amides is 1. The minimum atomic E-state index is -3.81. The Hall–Kier alpha value is -1.48. The number of carbonyl (C=O) groups is 1. The van der Waals surface area contributed by atoms with Gasteiger partial charge in [0, 0.05) is 23.8 Å². The number of ether oxygens (including phenoxy) is 1. The topological polar surface area (TPSA) is 102 Å². The lowest BCUT2D eigenvalue weighted by molar-refractivity contribution is -0.183. The molecule has 0 bridgehead atoms. The van der Waals surface area contributed by atoms with Crippen molar-refractivity contribution < 1.29 is 17.9 Å². The highest BCUT2D eigenvalue weighted by molar-refractivity contribution is 7.89. The molecule has 3 rings (SSSR count). The van der Waals surface area contributed by atoms with Crippen molar-refractivity contribution >= 4 is 21.6 Å². The number of nitrogens with zero attached hydrogens (tertiary/aromatic N) is 1. The predicted molar refractivity (Wildman–Crippen MR) is 118 cm³/mol. The van der Waals surface area contributed by atoms with E-state index in [9.17, 15) is 13.2 Å². The molecule has 8 heteroatoms. The summed E-state index contributed by atoms with van der Waals surface area (Å²) >= 11 is 0. The average molecular weight is 438 g/mol. The Morgan fingerprint density at radius 1 is 1.27 bits per heavy atom. The molecule has 1 aromatic rings. The summed E-state index contributed by atoms with van der Waals surface area (Å²) in [7, 11) is -3.81. The lowest BCUT2D eigenvalue weighted by Crippen LogP contribution is -2.66. The van der Waals surface area contributed by atoms with Crippen LogP contribution in [-0.4, -0.2) is 51.1 Å². The van der Waals surface area contributed by atoms with E-state index < -0.39 is 10.0 Å². The van der Waals surface area contributed by atoms with Crippen molar-refractivity contribution in [1.82, 2.24) is 4.90 Å². The molecule has 1 amide bonds. The zero-order valence-corrected chi connectivity index (χ0v) is 18.9. The fourth-order valence-electron chi connectivity index (χ4n) is 5.31. The Morgan fingerprint density at radius 3 is 2.63 bits per heavy atom. The molecule has 30 heavy (non-hydrogen) atoms. The molecule has 0 aromatic heterocycles. The molecule has 2 aliphatic carbocycles. The van der Waals surface area contributed by atoms with Gasteiger partial charge in [-0.3, -0.25) is 9.69 Å². The Morgan fingerprint density at radius 2 is 2.00 bits per heavy atom. The molecule has 7 nitrogen and oxygen atoms in total. The molecule has 2 atom stereocenters. The number of nitrogens with two attached hydrogens (primary N) is 1. The molecular formula is C22H35N3O4S. The first-order valence-corrected chi connectivity index (χ1v) is 12.6. The van der Waals surface area contributed by atoms with Gasteiger partial charge in [0.05, 0.1) is 17.5 Å². The van der Waals surface area contributed by atoms with Gasteiger partial charge < -0.3 is 10.1 Å². The van der Waals surface area contributed by atoms with E-state index in [1.807, 2.05) is 0 Å². The summed E-state index contributed by atoms with van der Waals surface area (Å²) in [4.78, 5) is 15.1. The van der Waals surface area contributed by atoms with E-state index in [1.54, 1.807) is 12.1 Å². The lowest BCUT2D eigenvalue weighted by atomic mass is 9.54. The monoisotopic (exact) mass is 437 g/mol. The summed E-state index contributed by atoms with van der Waals surface area (Å²) in [5.74, 6) is -0.138. The van der Waals surface area contributed by atoms with Crippen molar-refractivity contribution in [2.24, 2.45) is 10.6 Å². The number of anilines is 1. The average Bonchev–Trinajstić information content (AvgIpc) is 2.71. The van der Waals surface area contributed by atoms with E-state index in [2.05, 4.69) is 24.1 Å². The third-order valence-corrected chi connectivity index (χ3v) is 7.55. The van der Waals surface area contributed by atoms with Gasteiger partial charge in [-0.2, -0.15) is 0 Å². The van der Waals surface area contributed by atoms with Crippen LogP contribution in [-0.2, 0) is 19.6 Å². The van der Waals surface area contributed by atoms with Crippen LogP contribution in [0.2, 0.25) is 0 Å². The van der Waals surface area contributed by atoms with Crippen molar-refractivity contribution in [3.8, 4) is 0 Å². The second-order valence-electron chi connectivity index (χ2n) is 8.58. The van der Waals surface area contributed by atoms with Crippen molar-refractivity contribution in [3.05, 3.63) is 24.3 Å². The smallest absolute Gasteiger partial charge is 0.238 e. The molecule has 1 spiro atoms. The summed E-state index contributed by atoms with van der Waals surface area (Å²) in [5, 5.41) is 8.04. The number of rotatable bonds is 9. The molecule has 0 aliphatic heterocycles. The normalized spacial score (nSPS) is 23.3. The van der Waals surface area contributed by atoms with Gasteiger partial charge in [-0.05, 0) is 57.4 Å². The third kappa shape index (κ3) is 5.04. The number of carbonyl (C=O) groups excluding carboxylic acids is 1. The number of benzene rings is 1. The molecule has 0 unspecified atom stereocenters. The summed E-state index contributed by atoms with van der Waals surface area (Å²) in [6.45, 7) is 6.06. The maximum atomic E-state index is 12.8. The zero-order valence-electron chi connectivity index (χ0n) is 18.1. The Balaban J connectivity index is 1.70. The van der Waals surface area contributed by atoms with E-state index in [0.29, 0.717) is 24.4 Å². The quantitative estimate of drug-likeness (QED) is 0.618. The largest absolute Gasteiger partial charge is 0.378 e. The first kappa shape index (κ1) is 23.2. The van der Waals surface area contributed by atoms with E-state index in [-0.39, 0.29) is 16.2 Å². The number of primary sulfonamides is 1. The first-order valence-electron chi connectivity index (χ1n) is 11.1. The molecule has 2 fully saturated rings. The minimum absolute atomic E-state index is 0.00887. The van der Waals surface area contributed by atoms with Crippen molar-refractivity contribution in [1.29, 1.82) is 0 Å². The van der Waals surface area contributed by atoms with Crippen molar-refractivity contribution in [3.63, 3.8) is 0 Å². The number of sulfonamides is 1. The van der Waals surface area contributed by atoms with Gasteiger partial charge in [-0.25, -0.2) is 13.6 Å². The SMILES string of the molecule is CCCN(CC(=O)Nc1cccc(S(N)(=O)=O)c1)[C@H]1C[C@H](OCC)C12CCCCC2. The van der Waals surface area contributed by atoms with Gasteiger partial charge in [0.1, 0.15) is 0 Å². The Bertz CT molecular complexity index is 837. The molecule has 1 aromatic carbocycles. The minimum Gasteiger partial charge on any atom is -0.378 e. The summed E-state index contributed by atoms with van der Waals surface area (Å²) in [6, 6.07) is 6.43. The zero-order chi connectivity index (χ0) is 21.8. The number of nitrogens with one attached hydrogen (secondary N) is 1. The highest BCUT2D eigenvalue weighted by Crippen LogP contribution is 2.55. The molecule has 0 radical (unpaired) electrons. The second kappa shape index (κ2) is 9.77. The highest BCUT2D eigenvalue weighted by atomic mass is 32.2. The molecular weight excluding hydrogens is 402 g/mol. The summed E-state index contributed by atoms with van der Waals surface area (Å²) in [6.07, 6.45) is 8.31. The molecule has 2 saturated carbocycles.